The first kappa shape index (κ1) is 12.3. The van der Waals surface area contributed by atoms with Crippen molar-refractivity contribution in [1.29, 1.82) is 0 Å². The molecule has 2 rings (SSSR count). The molecular formula is C11H10FN3O2S. The Morgan fingerprint density at radius 3 is 2.67 bits per heavy atom. The Kier molecular flexibility index (Phi) is 3.15. The van der Waals surface area contributed by atoms with E-state index in [4.69, 9.17) is 5.73 Å². The summed E-state index contributed by atoms with van der Waals surface area (Å²) in [7, 11) is -3.76. The number of nitrogens with one attached hydrogen (secondary N) is 1. The highest BCUT2D eigenvalue weighted by atomic mass is 32.2. The van der Waals surface area contributed by atoms with E-state index in [0.717, 1.165) is 6.07 Å². The fourth-order valence-corrected chi connectivity index (χ4v) is 2.32. The molecule has 0 unspecified atom stereocenters. The molecule has 0 bridgehead atoms. The van der Waals surface area contributed by atoms with E-state index in [1.54, 1.807) is 0 Å². The number of aromatic nitrogens is 1. The van der Waals surface area contributed by atoms with Gasteiger partial charge in [-0.15, -0.1) is 0 Å². The van der Waals surface area contributed by atoms with Gasteiger partial charge >= 0.3 is 0 Å². The minimum Gasteiger partial charge on any atom is -0.396 e. The summed E-state index contributed by atoms with van der Waals surface area (Å²) in [5.41, 5.74) is 5.36. The maximum Gasteiger partial charge on any atom is 0.263 e. The van der Waals surface area contributed by atoms with Gasteiger partial charge in [-0.05, 0) is 24.3 Å². The number of hydrogen-bond donors (Lipinski definition) is 2. The predicted octanol–water partition coefficient (Wildman–Crippen LogP) is 1.60. The van der Waals surface area contributed by atoms with Crippen LogP contribution in [0, 0.1) is 5.82 Å². The van der Waals surface area contributed by atoms with Crippen LogP contribution in [0.2, 0.25) is 0 Å². The molecule has 0 saturated heterocycles. The lowest BCUT2D eigenvalue weighted by Gasteiger charge is -2.08. The van der Waals surface area contributed by atoms with E-state index in [2.05, 4.69) is 9.71 Å². The summed E-state index contributed by atoms with van der Waals surface area (Å²) >= 11 is 0. The second kappa shape index (κ2) is 4.61. The van der Waals surface area contributed by atoms with Crippen LogP contribution < -0.4 is 10.5 Å². The van der Waals surface area contributed by atoms with Crippen molar-refractivity contribution in [3.05, 3.63) is 48.5 Å². The Bertz CT molecular complexity index is 659. The quantitative estimate of drug-likeness (QED) is 0.827. The molecule has 0 aliphatic rings. The van der Waals surface area contributed by atoms with Crippen molar-refractivity contribution in [1.82, 2.24) is 4.98 Å². The molecule has 0 radical (unpaired) electrons. The van der Waals surface area contributed by atoms with Crippen LogP contribution in [0.15, 0.2) is 47.6 Å². The van der Waals surface area contributed by atoms with Gasteiger partial charge < -0.3 is 5.73 Å². The summed E-state index contributed by atoms with van der Waals surface area (Å²) in [6.45, 7) is 0. The van der Waals surface area contributed by atoms with Crippen molar-refractivity contribution in [2.75, 3.05) is 10.5 Å². The zero-order valence-corrected chi connectivity index (χ0v) is 9.99. The third-order valence-corrected chi connectivity index (χ3v) is 3.56. The Hall–Kier alpha value is -2.15. The van der Waals surface area contributed by atoms with Crippen molar-refractivity contribution in [2.24, 2.45) is 0 Å². The second-order valence-electron chi connectivity index (χ2n) is 3.53. The molecule has 0 atom stereocenters. The van der Waals surface area contributed by atoms with Gasteiger partial charge in [0.25, 0.3) is 10.0 Å². The van der Waals surface area contributed by atoms with E-state index >= 15 is 0 Å². The summed E-state index contributed by atoms with van der Waals surface area (Å²) < 4.78 is 39.2. The predicted molar refractivity (Wildman–Crippen MR) is 65.9 cm³/mol. The molecule has 0 amide bonds. The number of halogens is 1. The normalized spacial score (nSPS) is 11.2. The van der Waals surface area contributed by atoms with Crippen LogP contribution in [0.1, 0.15) is 0 Å². The van der Waals surface area contributed by atoms with Gasteiger partial charge in [-0.2, -0.15) is 0 Å². The van der Waals surface area contributed by atoms with E-state index < -0.39 is 15.8 Å². The summed E-state index contributed by atoms with van der Waals surface area (Å²) in [4.78, 5) is 3.71. The van der Waals surface area contributed by atoms with E-state index in [1.807, 2.05) is 0 Å². The van der Waals surface area contributed by atoms with Crippen molar-refractivity contribution >= 4 is 21.4 Å². The average molecular weight is 267 g/mol. The highest BCUT2D eigenvalue weighted by Crippen LogP contribution is 2.19. The smallest absolute Gasteiger partial charge is 0.263 e. The van der Waals surface area contributed by atoms with Crippen molar-refractivity contribution in [3.8, 4) is 0 Å². The van der Waals surface area contributed by atoms with Crippen molar-refractivity contribution in [3.63, 3.8) is 0 Å². The van der Waals surface area contributed by atoms with Gasteiger partial charge in [-0.1, -0.05) is 0 Å². The minimum absolute atomic E-state index is 0.00207. The standard InChI is InChI=1S/C11H10FN3O2S/c12-10-6-8(3-4-11(10)13)15-18(16,17)9-2-1-5-14-7-9/h1-7,15H,13H2. The molecule has 1 heterocycles. The van der Waals surface area contributed by atoms with E-state index in [0.29, 0.717) is 0 Å². The molecule has 18 heavy (non-hydrogen) atoms. The number of benzene rings is 1. The first-order valence-corrected chi connectivity index (χ1v) is 6.45. The molecule has 1 aromatic carbocycles. The van der Waals surface area contributed by atoms with Crippen LogP contribution in [-0.4, -0.2) is 13.4 Å². The molecule has 0 spiro atoms. The number of nitrogens with two attached hydrogens (primary N) is 1. The highest BCUT2D eigenvalue weighted by molar-refractivity contribution is 7.92. The van der Waals surface area contributed by atoms with Crippen molar-refractivity contribution in [2.45, 2.75) is 4.90 Å². The van der Waals surface area contributed by atoms with Gasteiger partial charge in [0.2, 0.25) is 0 Å². The maximum atomic E-state index is 13.2. The molecule has 0 fully saturated rings. The number of hydrogen-bond acceptors (Lipinski definition) is 4. The monoisotopic (exact) mass is 267 g/mol. The number of rotatable bonds is 3. The molecule has 1 aromatic heterocycles. The molecule has 94 valence electrons. The topological polar surface area (TPSA) is 85.1 Å². The van der Waals surface area contributed by atoms with Crippen LogP contribution >= 0.6 is 0 Å². The molecule has 0 aliphatic heterocycles. The van der Waals surface area contributed by atoms with Gasteiger partial charge in [0.1, 0.15) is 10.7 Å². The molecule has 0 saturated carbocycles. The van der Waals surface area contributed by atoms with Gasteiger partial charge in [-0.25, -0.2) is 12.8 Å². The average Bonchev–Trinajstić information content (AvgIpc) is 2.35. The Morgan fingerprint density at radius 1 is 1.28 bits per heavy atom. The lowest BCUT2D eigenvalue weighted by molar-refractivity contribution is 0.600. The number of anilines is 2. The van der Waals surface area contributed by atoms with E-state index in [-0.39, 0.29) is 16.3 Å². The first-order chi connectivity index (χ1) is 8.49. The van der Waals surface area contributed by atoms with Crippen LogP contribution in [0.4, 0.5) is 15.8 Å². The van der Waals surface area contributed by atoms with Crippen LogP contribution in [0.5, 0.6) is 0 Å². The first-order valence-electron chi connectivity index (χ1n) is 4.97. The summed E-state index contributed by atoms with van der Waals surface area (Å²) in [6, 6.07) is 6.58. The largest absolute Gasteiger partial charge is 0.396 e. The van der Waals surface area contributed by atoms with Crippen molar-refractivity contribution < 1.29 is 12.8 Å². The van der Waals surface area contributed by atoms with Crippen LogP contribution in [0.25, 0.3) is 0 Å². The van der Waals surface area contributed by atoms with Gasteiger partial charge in [-0.3, -0.25) is 9.71 Å². The minimum atomic E-state index is -3.76. The summed E-state index contributed by atoms with van der Waals surface area (Å²) in [5, 5.41) is 0. The molecule has 3 N–H and O–H groups in total. The number of pyridine rings is 1. The van der Waals surface area contributed by atoms with E-state index in [9.17, 15) is 12.8 Å². The lowest BCUT2D eigenvalue weighted by atomic mass is 10.3. The summed E-state index contributed by atoms with van der Waals surface area (Å²) in [6.07, 6.45) is 2.66. The molecule has 2 aromatic rings. The van der Waals surface area contributed by atoms with Crippen LogP contribution in [0.3, 0.4) is 0 Å². The molecular weight excluding hydrogens is 257 g/mol. The second-order valence-corrected chi connectivity index (χ2v) is 5.21. The lowest BCUT2D eigenvalue weighted by Crippen LogP contribution is -2.13. The van der Waals surface area contributed by atoms with E-state index in [1.165, 1.54) is 36.7 Å². The third-order valence-electron chi connectivity index (χ3n) is 2.20. The molecule has 0 aliphatic carbocycles. The van der Waals surface area contributed by atoms with Gasteiger partial charge in [0, 0.05) is 18.5 Å². The Morgan fingerprint density at radius 2 is 2.06 bits per heavy atom. The zero-order valence-electron chi connectivity index (χ0n) is 9.17. The van der Waals surface area contributed by atoms with Gasteiger partial charge in [0.15, 0.2) is 0 Å². The third kappa shape index (κ3) is 2.57. The Balaban J connectivity index is 2.31. The number of sulfonamides is 1. The number of nitrogens with zero attached hydrogens (tertiary/aromatic N) is 1. The molecule has 7 heteroatoms. The zero-order chi connectivity index (χ0) is 13.2. The fourth-order valence-electron chi connectivity index (χ4n) is 1.31. The number of nitrogen functional groups attached to an aromatic ring is 1. The highest BCUT2D eigenvalue weighted by Gasteiger charge is 2.14. The molecule has 5 nitrogen and oxygen atoms in total. The Labute approximate surface area is 104 Å². The van der Waals surface area contributed by atoms with Crippen LogP contribution in [-0.2, 0) is 10.0 Å². The summed E-state index contributed by atoms with van der Waals surface area (Å²) in [5.74, 6) is -0.679. The van der Waals surface area contributed by atoms with Gasteiger partial charge in [0.05, 0.1) is 11.4 Å². The fraction of sp³-hybridized carbons (Fsp3) is 0. The SMILES string of the molecule is Nc1ccc(NS(=O)(=O)c2cccnc2)cc1F. The maximum absolute atomic E-state index is 13.2.